The number of halogens is 4. The number of aliphatic hydroxyl groups is 1. The molecule has 0 amide bonds. The van der Waals surface area contributed by atoms with Gasteiger partial charge in [0.1, 0.15) is 0 Å². The fourth-order valence-electron chi connectivity index (χ4n) is 2.04. The minimum Gasteiger partial charge on any atom is -0.395 e. The number of hydrogen-bond donors (Lipinski definition) is 2. The van der Waals surface area contributed by atoms with Gasteiger partial charge in [-0.15, -0.1) is 12.4 Å². The minimum absolute atomic E-state index is 0. The number of piperazine rings is 1. The summed E-state index contributed by atoms with van der Waals surface area (Å²) in [6, 6.07) is 6.52. The van der Waals surface area contributed by atoms with Crippen LogP contribution >= 0.6 is 12.4 Å². The van der Waals surface area contributed by atoms with Gasteiger partial charge in [0, 0.05) is 13.1 Å². The fraction of sp³-hybridized carbons (Fsp3) is 0.538. The van der Waals surface area contributed by atoms with Gasteiger partial charge in [-0.25, -0.2) is 13.2 Å². The third-order valence-electron chi connectivity index (χ3n) is 3.18. The number of alkyl halides is 3. The third-order valence-corrected chi connectivity index (χ3v) is 3.18. The molecule has 3 unspecified atom stereocenters. The zero-order chi connectivity index (χ0) is 14.0. The van der Waals surface area contributed by atoms with Gasteiger partial charge in [0.2, 0.25) is 0 Å². The average molecular weight is 311 g/mol. The molecule has 2 aliphatic carbocycles. The van der Waals surface area contributed by atoms with E-state index >= 15 is 0 Å². The fourth-order valence-corrected chi connectivity index (χ4v) is 2.04. The zero-order valence-corrected chi connectivity index (χ0v) is 11.8. The van der Waals surface area contributed by atoms with E-state index in [4.69, 9.17) is 5.11 Å². The molecule has 3 rings (SSSR count). The Labute approximate surface area is 122 Å². The molecule has 1 fully saturated rings. The Morgan fingerprint density at radius 3 is 2.45 bits per heavy atom. The van der Waals surface area contributed by atoms with Gasteiger partial charge in [-0.05, 0) is 29.7 Å². The lowest BCUT2D eigenvalue weighted by atomic mass is 10.3. The normalized spacial score (nSPS) is 27.1. The van der Waals surface area contributed by atoms with Crippen LogP contribution in [0.4, 0.5) is 13.2 Å². The maximum absolute atomic E-state index is 12.8. The summed E-state index contributed by atoms with van der Waals surface area (Å²) < 4.78 is 37.9. The van der Waals surface area contributed by atoms with Crippen molar-refractivity contribution in [2.24, 2.45) is 0 Å². The number of aliphatic hydroxyl groups excluding tert-OH is 1. The van der Waals surface area contributed by atoms with Crippen LogP contribution in [0.25, 0.3) is 11.1 Å². The van der Waals surface area contributed by atoms with Gasteiger partial charge in [-0.3, -0.25) is 10.2 Å². The van der Waals surface area contributed by atoms with Gasteiger partial charge in [-0.1, -0.05) is 12.1 Å². The summed E-state index contributed by atoms with van der Waals surface area (Å²) in [4.78, 5) is 0.922. The summed E-state index contributed by atoms with van der Waals surface area (Å²) in [5.41, 5.74) is 4.34. The van der Waals surface area contributed by atoms with Crippen molar-refractivity contribution < 1.29 is 18.3 Å². The Morgan fingerprint density at radius 2 is 2.05 bits per heavy atom. The molecule has 0 spiro atoms. The molecular weight excluding hydrogens is 293 g/mol. The molecule has 20 heavy (non-hydrogen) atoms. The first-order valence-electron chi connectivity index (χ1n) is 6.17. The zero-order valence-electron chi connectivity index (χ0n) is 11.0. The van der Waals surface area contributed by atoms with Crippen LogP contribution in [0.1, 0.15) is 5.56 Å². The molecular formula is C13H18ClF3N2O. The van der Waals surface area contributed by atoms with Crippen LogP contribution in [0.5, 0.6) is 0 Å². The van der Waals surface area contributed by atoms with Gasteiger partial charge in [0.25, 0.3) is 0 Å². The van der Waals surface area contributed by atoms with E-state index < -0.39 is 18.9 Å². The molecule has 3 atom stereocenters. The molecule has 0 radical (unpaired) electrons. The Bertz CT molecular complexity index is 450. The third kappa shape index (κ3) is 4.09. The molecule has 0 saturated carbocycles. The number of rotatable bonds is 2. The average Bonchev–Trinajstić information content (AvgIpc) is 3.06. The van der Waals surface area contributed by atoms with Crippen LogP contribution in [0, 0.1) is 6.92 Å². The monoisotopic (exact) mass is 310 g/mol. The van der Waals surface area contributed by atoms with Gasteiger partial charge < -0.3 is 5.11 Å². The molecule has 0 bridgehead atoms. The Kier molecular flexibility index (Phi) is 6.26. The summed E-state index contributed by atoms with van der Waals surface area (Å²) in [6.07, 6.45) is -5.46. The first kappa shape index (κ1) is 17.2. The van der Waals surface area contributed by atoms with Crippen molar-refractivity contribution in [1.82, 2.24) is 10.2 Å². The molecule has 7 heteroatoms. The van der Waals surface area contributed by atoms with Crippen molar-refractivity contribution >= 4 is 12.4 Å². The smallest absolute Gasteiger partial charge is 0.198 e. The van der Waals surface area contributed by atoms with Crippen LogP contribution in [0.2, 0.25) is 0 Å². The number of benzene rings is 1. The summed E-state index contributed by atoms with van der Waals surface area (Å²) in [5.74, 6) is 0. The van der Waals surface area contributed by atoms with E-state index in [-0.39, 0.29) is 32.1 Å². The van der Waals surface area contributed by atoms with Crippen molar-refractivity contribution in [3.8, 4) is 11.1 Å². The van der Waals surface area contributed by atoms with Crippen LogP contribution in [-0.2, 0) is 0 Å². The highest BCUT2D eigenvalue weighted by Crippen LogP contribution is 2.37. The molecule has 114 valence electrons. The highest BCUT2D eigenvalue weighted by Gasteiger charge is 2.35. The van der Waals surface area contributed by atoms with E-state index in [0.717, 1.165) is 4.90 Å². The van der Waals surface area contributed by atoms with Crippen LogP contribution in [0.3, 0.4) is 0 Å². The molecule has 1 aliphatic heterocycles. The second-order valence-electron chi connectivity index (χ2n) is 4.66. The molecule has 2 N–H and O–H groups in total. The largest absolute Gasteiger partial charge is 0.395 e. The van der Waals surface area contributed by atoms with Crippen molar-refractivity contribution in [2.75, 3.05) is 19.7 Å². The van der Waals surface area contributed by atoms with Crippen LogP contribution in [-0.4, -0.2) is 48.6 Å². The maximum atomic E-state index is 12.8. The predicted octanol–water partition coefficient (Wildman–Crippen LogP) is 2.17. The number of fused-ring (bicyclic) bond motifs is 1. The number of aryl methyl sites for hydroxylation is 1. The molecule has 0 aromatic rings. The number of β-amino-alcohol motifs (C(OH)–C–C–N with tert-alkyl or cyclic N) is 1. The van der Waals surface area contributed by atoms with E-state index in [9.17, 15) is 13.2 Å². The van der Waals surface area contributed by atoms with E-state index in [1.165, 1.54) is 16.7 Å². The summed E-state index contributed by atoms with van der Waals surface area (Å²) in [5, 5.41) is 10.2. The topological polar surface area (TPSA) is 35.5 Å². The number of nitrogens with one attached hydrogen (secondary N) is 1. The molecule has 3 aliphatic rings. The predicted molar refractivity (Wildman–Crippen MR) is 73.9 cm³/mol. The quantitative estimate of drug-likeness (QED) is 0.835. The number of nitrogens with zero attached hydrogens (tertiary/aromatic N) is 1. The van der Waals surface area contributed by atoms with Gasteiger partial charge in [0.05, 0.1) is 6.61 Å². The van der Waals surface area contributed by atoms with E-state index in [2.05, 4.69) is 25.1 Å². The maximum Gasteiger partial charge on any atom is 0.198 e. The Hall–Kier alpha value is -0.820. The highest BCUT2D eigenvalue weighted by molar-refractivity contribution is 5.85. The second kappa shape index (κ2) is 7.26. The summed E-state index contributed by atoms with van der Waals surface area (Å²) >= 11 is 0. The van der Waals surface area contributed by atoms with E-state index in [0.29, 0.717) is 0 Å². The van der Waals surface area contributed by atoms with Crippen molar-refractivity contribution in [3.05, 3.63) is 23.8 Å². The van der Waals surface area contributed by atoms with E-state index in [1.807, 2.05) is 0 Å². The van der Waals surface area contributed by atoms with Gasteiger partial charge >= 0.3 is 0 Å². The molecule has 1 saturated heterocycles. The minimum atomic E-state index is -2.01. The van der Waals surface area contributed by atoms with Crippen LogP contribution < -0.4 is 5.32 Å². The van der Waals surface area contributed by atoms with Crippen molar-refractivity contribution in [3.63, 3.8) is 0 Å². The Balaban J connectivity index is 0.000000212. The molecule has 0 aromatic heterocycles. The standard InChI is InChI=1S/C7H6.C6H11F3N2O.ClH/c1-5-2-3-6-4-7(5)6;7-4-3-11(1-2-12)6(9)5(8)10-4;/h2-4H,1H3;4-6,10,12H,1-3H2;1H. The highest BCUT2D eigenvalue weighted by atomic mass is 35.5. The first-order valence-corrected chi connectivity index (χ1v) is 6.17. The van der Waals surface area contributed by atoms with E-state index in [1.54, 1.807) is 5.32 Å². The summed E-state index contributed by atoms with van der Waals surface area (Å²) in [6.45, 7) is 1.55. The second-order valence-corrected chi connectivity index (χ2v) is 4.66. The molecule has 0 aromatic carbocycles. The first-order chi connectivity index (χ1) is 9.02. The SMILES string of the molecule is Cc1ccc2cc1-2.Cl.OCCN1CC(F)NC(F)C1F. The lowest BCUT2D eigenvalue weighted by molar-refractivity contribution is -0.0740. The van der Waals surface area contributed by atoms with Crippen molar-refractivity contribution in [1.29, 1.82) is 0 Å². The molecule has 1 heterocycles. The van der Waals surface area contributed by atoms with Gasteiger partial charge in [0.15, 0.2) is 18.9 Å². The van der Waals surface area contributed by atoms with Crippen LogP contribution in [0.15, 0.2) is 18.2 Å². The summed E-state index contributed by atoms with van der Waals surface area (Å²) in [7, 11) is 0. The van der Waals surface area contributed by atoms with Gasteiger partial charge in [-0.2, -0.15) is 0 Å². The lowest BCUT2D eigenvalue weighted by Crippen LogP contribution is -2.58. The van der Waals surface area contributed by atoms with Crippen molar-refractivity contribution in [2.45, 2.75) is 25.8 Å². The molecule has 3 nitrogen and oxygen atoms in total. The number of hydrogen-bond acceptors (Lipinski definition) is 3. The Morgan fingerprint density at radius 1 is 1.35 bits per heavy atom. The lowest BCUT2D eigenvalue weighted by Gasteiger charge is -2.34.